The van der Waals surface area contributed by atoms with Gasteiger partial charge in [0.2, 0.25) is 0 Å². The van der Waals surface area contributed by atoms with Crippen molar-refractivity contribution in [3.05, 3.63) is 24.2 Å². The second-order valence-corrected chi connectivity index (χ2v) is 4.27. The van der Waals surface area contributed by atoms with E-state index >= 15 is 0 Å². The monoisotopic (exact) mass is 263 g/mol. The number of nitrogens with zero attached hydrogens (tertiary/aromatic N) is 3. The number of pyridine rings is 1. The topological polar surface area (TPSA) is 77.2 Å². The summed E-state index contributed by atoms with van der Waals surface area (Å²) in [6, 6.07) is 3.75. The van der Waals surface area contributed by atoms with Crippen LogP contribution in [0.25, 0.3) is 11.2 Å². The SMILES string of the molecule is COCCn1c(CCCC(=O)O)nc2cccnc21. The van der Waals surface area contributed by atoms with Gasteiger partial charge in [0.15, 0.2) is 5.65 Å². The predicted octanol–water partition coefficient (Wildman–Crippen LogP) is 1.48. The van der Waals surface area contributed by atoms with Crippen molar-refractivity contribution in [3.63, 3.8) is 0 Å². The van der Waals surface area contributed by atoms with Gasteiger partial charge in [-0.2, -0.15) is 0 Å². The highest BCUT2D eigenvalue weighted by Gasteiger charge is 2.11. The number of carboxylic acid groups (broad SMARTS) is 1. The summed E-state index contributed by atoms with van der Waals surface area (Å²) < 4.78 is 7.09. The first-order valence-corrected chi connectivity index (χ1v) is 6.23. The lowest BCUT2D eigenvalue weighted by molar-refractivity contribution is -0.137. The van der Waals surface area contributed by atoms with Crippen LogP contribution in [0.5, 0.6) is 0 Å². The Balaban J connectivity index is 2.22. The molecule has 0 aliphatic carbocycles. The molecule has 0 amide bonds. The molecular formula is C13H17N3O3. The number of aliphatic carboxylic acids is 1. The molecule has 2 heterocycles. The molecule has 2 rings (SSSR count). The van der Waals surface area contributed by atoms with Gasteiger partial charge in [0.05, 0.1) is 6.61 Å². The smallest absolute Gasteiger partial charge is 0.303 e. The minimum absolute atomic E-state index is 0.154. The van der Waals surface area contributed by atoms with Crippen molar-refractivity contribution in [2.75, 3.05) is 13.7 Å². The van der Waals surface area contributed by atoms with Crippen molar-refractivity contribution in [1.29, 1.82) is 0 Å². The molecule has 1 N–H and O–H groups in total. The zero-order chi connectivity index (χ0) is 13.7. The molecule has 0 aliphatic rings. The number of rotatable bonds is 7. The lowest BCUT2D eigenvalue weighted by atomic mass is 10.2. The fourth-order valence-corrected chi connectivity index (χ4v) is 2.01. The van der Waals surface area contributed by atoms with Gasteiger partial charge >= 0.3 is 5.97 Å². The molecule has 6 heteroatoms. The van der Waals surface area contributed by atoms with Gasteiger partial charge in [0.1, 0.15) is 11.3 Å². The lowest BCUT2D eigenvalue weighted by Crippen LogP contribution is -2.09. The van der Waals surface area contributed by atoms with Gasteiger partial charge in [-0.05, 0) is 18.6 Å². The van der Waals surface area contributed by atoms with E-state index in [4.69, 9.17) is 9.84 Å². The van der Waals surface area contributed by atoms with Gasteiger partial charge in [-0.3, -0.25) is 4.79 Å². The van der Waals surface area contributed by atoms with Crippen molar-refractivity contribution in [3.8, 4) is 0 Å². The Bertz CT molecular complexity index is 565. The van der Waals surface area contributed by atoms with E-state index in [0.29, 0.717) is 26.0 Å². The average molecular weight is 263 g/mol. The standard InChI is InChI=1S/C13H17N3O3/c1-19-9-8-16-11(5-2-6-12(17)18)15-10-4-3-7-14-13(10)16/h3-4,7H,2,5-6,8-9H2,1H3,(H,17,18). The van der Waals surface area contributed by atoms with Gasteiger partial charge in [0.25, 0.3) is 0 Å². The first kappa shape index (κ1) is 13.5. The molecular weight excluding hydrogens is 246 g/mol. The van der Waals surface area contributed by atoms with Crippen LogP contribution in [-0.2, 0) is 22.5 Å². The molecule has 0 unspecified atom stereocenters. The maximum Gasteiger partial charge on any atom is 0.303 e. The summed E-state index contributed by atoms with van der Waals surface area (Å²) in [4.78, 5) is 19.4. The van der Waals surface area contributed by atoms with E-state index in [0.717, 1.165) is 17.0 Å². The summed E-state index contributed by atoms with van der Waals surface area (Å²) >= 11 is 0. The highest BCUT2D eigenvalue weighted by Crippen LogP contribution is 2.15. The van der Waals surface area contributed by atoms with Gasteiger partial charge in [-0.1, -0.05) is 0 Å². The third-order valence-corrected chi connectivity index (χ3v) is 2.89. The van der Waals surface area contributed by atoms with E-state index in [1.807, 2.05) is 16.7 Å². The maximum absolute atomic E-state index is 10.6. The maximum atomic E-state index is 10.6. The third-order valence-electron chi connectivity index (χ3n) is 2.89. The van der Waals surface area contributed by atoms with Crippen LogP contribution in [0.2, 0.25) is 0 Å². The molecule has 0 saturated carbocycles. The molecule has 19 heavy (non-hydrogen) atoms. The number of imidazole rings is 1. The molecule has 2 aromatic heterocycles. The molecule has 2 aromatic rings. The van der Waals surface area contributed by atoms with Gasteiger partial charge in [0, 0.05) is 32.7 Å². The number of hydrogen-bond acceptors (Lipinski definition) is 4. The summed E-state index contributed by atoms with van der Waals surface area (Å²) in [6.07, 6.45) is 3.09. The zero-order valence-electron chi connectivity index (χ0n) is 10.9. The van der Waals surface area contributed by atoms with Crippen LogP contribution < -0.4 is 0 Å². The molecule has 0 fully saturated rings. The molecule has 0 saturated heterocycles. The van der Waals surface area contributed by atoms with E-state index in [1.54, 1.807) is 13.3 Å². The molecule has 0 atom stereocenters. The molecule has 0 radical (unpaired) electrons. The van der Waals surface area contributed by atoms with Gasteiger partial charge in [-0.25, -0.2) is 9.97 Å². The highest BCUT2D eigenvalue weighted by atomic mass is 16.5. The van der Waals surface area contributed by atoms with Crippen molar-refractivity contribution in [2.24, 2.45) is 0 Å². The number of aryl methyl sites for hydroxylation is 1. The zero-order valence-corrected chi connectivity index (χ0v) is 10.9. The van der Waals surface area contributed by atoms with Crippen molar-refractivity contribution < 1.29 is 14.6 Å². The Hall–Kier alpha value is -1.95. The number of methoxy groups -OCH3 is 1. The van der Waals surface area contributed by atoms with E-state index in [2.05, 4.69) is 9.97 Å². The van der Waals surface area contributed by atoms with E-state index in [1.165, 1.54) is 0 Å². The Morgan fingerprint density at radius 3 is 3.11 bits per heavy atom. The fourth-order valence-electron chi connectivity index (χ4n) is 2.01. The molecule has 0 aromatic carbocycles. The summed E-state index contributed by atoms with van der Waals surface area (Å²) in [7, 11) is 1.65. The normalized spacial score (nSPS) is 11.0. The van der Waals surface area contributed by atoms with E-state index in [-0.39, 0.29) is 6.42 Å². The van der Waals surface area contributed by atoms with Crippen molar-refractivity contribution in [2.45, 2.75) is 25.8 Å². The van der Waals surface area contributed by atoms with Gasteiger partial charge in [-0.15, -0.1) is 0 Å². The number of carbonyl (C=O) groups is 1. The second-order valence-electron chi connectivity index (χ2n) is 4.27. The van der Waals surface area contributed by atoms with Crippen LogP contribution in [0, 0.1) is 0 Å². The summed E-state index contributed by atoms with van der Waals surface area (Å²) in [5.74, 6) is 0.0877. The first-order chi connectivity index (χ1) is 9.22. The summed E-state index contributed by atoms with van der Waals surface area (Å²) in [6.45, 7) is 1.25. The molecule has 0 bridgehead atoms. The van der Waals surface area contributed by atoms with E-state index < -0.39 is 5.97 Å². The van der Waals surface area contributed by atoms with Crippen LogP contribution in [-0.4, -0.2) is 39.3 Å². The molecule has 6 nitrogen and oxygen atoms in total. The average Bonchev–Trinajstić information content (AvgIpc) is 2.74. The quantitative estimate of drug-likeness (QED) is 0.818. The first-order valence-electron chi connectivity index (χ1n) is 6.23. The number of aromatic nitrogens is 3. The van der Waals surface area contributed by atoms with Gasteiger partial charge < -0.3 is 14.4 Å². The minimum Gasteiger partial charge on any atom is -0.481 e. The summed E-state index contributed by atoms with van der Waals surface area (Å²) in [5.41, 5.74) is 1.66. The fraction of sp³-hybridized carbons (Fsp3) is 0.462. The lowest BCUT2D eigenvalue weighted by Gasteiger charge is -2.07. The summed E-state index contributed by atoms with van der Waals surface area (Å²) in [5, 5.41) is 8.68. The Morgan fingerprint density at radius 2 is 2.37 bits per heavy atom. The van der Waals surface area contributed by atoms with Crippen LogP contribution in [0.15, 0.2) is 18.3 Å². The minimum atomic E-state index is -0.780. The predicted molar refractivity (Wildman–Crippen MR) is 70.0 cm³/mol. The Kier molecular flexibility index (Phi) is 4.46. The van der Waals surface area contributed by atoms with E-state index in [9.17, 15) is 4.79 Å². The largest absolute Gasteiger partial charge is 0.481 e. The second kappa shape index (κ2) is 6.29. The third kappa shape index (κ3) is 3.29. The number of hydrogen-bond donors (Lipinski definition) is 1. The van der Waals surface area contributed by atoms with Crippen LogP contribution in [0.3, 0.4) is 0 Å². The number of ether oxygens (including phenoxy) is 1. The Labute approximate surface area is 111 Å². The molecule has 102 valence electrons. The van der Waals surface area contributed by atoms with Crippen LogP contribution >= 0.6 is 0 Å². The molecule has 0 aliphatic heterocycles. The van der Waals surface area contributed by atoms with Crippen LogP contribution in [0.1, 0.15) is 18.7 Å². The number of fused-ring (bicyclic) bond motifs is 1. The van der Waals surface area contributed by atoms with Crippen molar-refractivity contribution in [1.82, 2.24) is 14.5 Å². The molecule has 0 spiro atoms. The Morgan fingerprint density at radius 1 is 1.53 bits per heavy atom. The number of carboxylic acids is 1. The van der Waals surface area contributed by atoms with Crippen LogP contribution in [0.4, 0.5) is 0 Å². The highest BCUT2D eigenvalue weighted by molar-refractivity contribution is 5.71. The van der Waals surface area contributed by atoms with Crippen molar-refractivity contribution >= 4 is 17.1 Å².